The summed E-state index contributed by atoms with van der Waals surface area (Å²) in [4.78, 5) is 0. The molecule has 0 bridgehead atoms. The van der Waals surface area contributed by atoms with Crippen LogP contribution in [0, 0.1) is 6.92 Å². The fourth-order valence-corrected chi connectivity index (χ4v) is 4.60. The van der Waals surface area contributed by atoms with Gasteiger partial charge in [0.25, 0.3) is 0 Å². The van der Waals surface area contributed by atoms with Gasteiger partial charge in [-0.1, -0.05) is 61.7 Å². The highest BCUT2D eigenvalue weighted by Gasteiger charge is 2.34. The molecule has 1 atom stereocenters. The van der Waals surface area contributed by atoms with E-state index in [0.29, 0.717) is 6.10 Å². The van der Waals surface area contributed by atoms with Gasteiger partial charge in [-0.15, -0.1) is 0 Å². The number of hydrogen-bond acceptors (Lipinski definition) is 1. The molecule has 0 N–H and O–H groups in total. The van der Waals surface area contributed by atoms with Crippen molar-refractivity contribution in [1.29, 1.82) is 0 Å². The van der Waals surface area contributed by atoms with Crippen LogP contribution in [0.4, 0.5) is 0 Å². The van der Waals surface area contributed by atoms with E-state index >= 15 is 0 Å². The van der Waals surface area contributed by atoms with Crippen LogP contribution in [-0.2, 0) is 10.2 Å². The molecular weight excluding hydrogens is 356 g/mol. The molecule has 100 valence electrons. The van der Waals surface area contributed by atoms with Gasteiger partial charge in [-0.3, -0.25) is 0 Å². The smallest absolute Gasteiger partial charge is 0.0585 e. The normalized spacial score (nSPS) is 20.3. The molecule has 0 aromatic heterocycles. The van der Waals surface area contributed by atoms with Crippen LogP contribution < -0.4 is 0 Å². The van der Waals surface area contributed by atoms with E-state index in [4.69, 9.17) is 4.74 Å². The highest BCUT2D eigenvalue weighted by molar-refractivity contribution is 9.09. The number of ether oxygens (including phenoxy) is 1. The van der Waals surface area contributed by atoms with Gasteiger partial charge in [0, 0.05) is 22.7 Å². The lowest BCUT2D eigenvalue weighted by Crippen LogP contribution is -2.34. The molecule has 1 saturated heterocycles. The molecule has 0 saturated carbocycles. The Balaban J connectivity index is 2.21. The van der Waals surface area contributed by atoms with Gasteiger partial charge in [0.05, 0.1) is 6.10 Å². The third kappa shape index (κ3) is 3.17. The van der Waals surface area contributed by atoms with E-state index in [1.54, 1.807) is 0 Å². The van der Waals surface area contributed by atoms with E-state index in [0.717, 1.165) is 23.7 Å². The Labute approximate surface area is 127 Å². The van der Waals surface area contributed by atoms with E-state index in [-0.39, 0.29) is 5.41 Å². The zero-order valence-corrected chi connectivity index (χ0v) is 14.0. The number of halogens is 2. The van der Waals surface area contributed by atoms with Crippen molar-refractivity contribution in [2.75, 3.05) is 17.3 Å². The van der Waals surface area contributed by atoms with Crippen LogP contribution in [0.25, 0.3) is 0 Å². The topological polar surface area (TPSA) is 9.23 Å². The minimum absolute atomic E-state index is 0.142. The summed E-state index contributed by atoms with van der Waals surface area (Å²) in [5, 5.41) is 1.93. The van der Waals surface area contributed by atoms with Crippen molar-refractivity contribution in [2.24, 2.45) is 0 Å². The first kappa shape index (κ1) is 14.5. The Morgan fingerprint density at radius 2 is 1.89 bits per heavy atom. The van der Waals surface area contributed by atoms with E-state index in [1.165, 1.54) is 24.0 Å². The van der Waals surface area contributed by atoms with E-state index < -0.39 is 0 Å². The second-order valence-corrected chi connectivity index (χ2v) is 6.37. The Kier molecular flexibility index (Phi) is 5.28. The monoisotopic (exact) mass is 374 g/mol. The van der Waals surface area contributed by atoms with Crippen LogP contribution in [0.1, 0.15) is 30.4 Å². The maximum absolute atomic E-state index is 5.82. The number of aryl methyl sites for hydroxylation is 1. The van der Waals surface area contributed by atoms with Crippen molar-refractivity contribution in [2.45, 2.75) is 37.7 Å². The summed E-state index contributed by atoms with van der Waals surface area (Å²) >= 11 is 7.42. The molecule has 1 nitrogen and oxygen atoms in total. The largest absolute Gasteiger partial charge is 0.378 e. The van der Waals surface area contributed by atoms with Gasteiger partial charge in [0.1, 0.15) is 0 Å². The van der Waals surface area contributed by atoms with Crippen molar-refractivity contribution < 1.29 is 4.74 Å². The van der Waals surface area contributed by atoms with Gasteiger partial charge in [-0.05, 0) is 31.7 Å². The molecule has 0 radical (unpaired) electrons. The molecule has 0 aliphatic carbocycles. The van der Waals surface area contributed by atoms with Gasteiger partial charge in [-0.25, -0.2) is 0 Å². The van der Waals surface area contributed by atoms with Crippen molar-refractivity contribution in [3.05, 3.63) is 35.4 Å². The Bertz CT molecular complexity index is 365. The third-order valence-electron chi connectivity index (χ3n) is 3.82. The Morgan fingerprint density at radius 1 is 1.22 bits per heavy atom. The second kappa shape index (κ2) is 6.53. The molecule has 1 aromatic rings. The molecule has 1 aliphatic heterocycles. The maximum atomic E-state index is 5.82. The standard InChI is InChI=1S/C15H20Br2O/c1-12-4-6-13(7-5-12)15(10-16,11-17)9-14-3-2-8-18-14/h4-7,14H,2-3,8-11H2,1H3. The highest BCUT2D eigenvalue weighted by atomic mass is 79.9. The van der Waals surface area contributed by atoms with Crippen LogP contribution >= 0.6 is 31.9 Å². The van der Waals surface area contributed by atoms with E-state index in [2.05, 4.69) is 63.0 Å². The summed E-state index contributed by atoms with van der Waals surface area (Å²) in [6, 6.07) is 8.91. The lowest BCUT2D eigenvalue weighted by atomic mass is 9.79. The molecular formula is C15H20Br2O. The lowest BCUT2D eigenvalue weighted by molar-refractivity contribution is 0.0892. The summed E-state index contributed by atoms with van der Waals surface area (Å²) in [5.74, 6) is 0. The van der Waals surface area contributed by atoms with Crippen LogP contribution in [0.15, 0.2) is 24.3 Å². The lowest BCUT2D eigenvalue weighted by Gasteiger charge is -2.33. The Hall–Kier alpha value is 0.140. The average Bonchev–Trinajstić information content (AvgIpc) is 2.90. The molecule has 1 fully saturated rings. The van der Waals surface area contributed by atoms with Crippen molar-refractivity contribution in [3.63, 3.8) is 0 Å². The van der Waals surface area contributed by atoms with Crippen molar-refractivity contribution in [3.8, 4) is 0 Å². The summed E-state index contributed by atoms with van der Waals surface area (Å²) in [7, 11) is 0. The zero-order valence-electron chi connectivity index (χ0n) is 10.8. The first-order valence-corrected chi connectivity index (χ1v) is 8.75. The fourth-order valence-electron chi connectivity index (χ4n) is 2.57. The molecule has 0 spiro atoms. The maximum Gasteiger partial charge on any atom is 0.0585 e. The highest BCUT2D eigenvalue weighted by Crippen LogP contribution is 2.36. The summed E-state index contributed by atoms with van der Waals surface area (Å²) < 4.78 is 5.82. The number of rotatable bonds is 5. The van der Waals surface area contributed by atoms with Crippen molar-refractivity contribution in [1.82, 2.24) is 0 Å². The molecule has 1 aliphatic rings. The molecule has 1 heterocycles. The van der Waals surface area contributed by atoms with Gasteiger partial charge < -0.3 is 4.74 Å². The summed E-state index contributed by atoms with van der Waals surface area (Å²) in [5.41, 5.74) is 2.86. The third-order valence-corrected chi connectivity index (χ3v) is 5.96. The first-order valence-electron chi connectivity index (χ1n) is 6.51. The number of hydrogen-bond donors (Lipinski definition) is 0. The van der Waals surface area contributed by atoms with Crippen LogP contribution in [0.3, 0.4) is 0 Å². The number of benzene rings is 1. The quantitative estimate of drug-likeness (QED) is 0.683. The minimum Gasteiger partial charge on any atom is -0.378 e. The van der Waals surface area contributed by atoms with Gasteiger partial charge in [-0.2, -0.15) is 0 Å². The predicted molar refractivity (Wildman–Crippen MR) is 84.0 cm³/mol. The minimum atomic E-state index is 0.142. The fraction of sp³-hybridized carbons (Fsp3) is 0.600. The van der Waals surface area contributed by atoms with Gasteiger partial charge >= 0.3 is 0 Å². The molecule has 2 rings (SSSR count). The average molecular weight is 376 g/mol. The van der Waals surface area contributed by atoms with Crippen LogP contribution in [-0.4, -0.2) is 23.4 Å². The molecule has 1 aromatic carbocycles. The molecule has 1 unspecified atom stereocenters. The number of alkyl halides is 2. The first-order chi connectivity index (χ1) is 8.70. The summed E-state index contributed by atoms with van der Waals surface area (Å²) in [6.07, 6.45) is 3.92. The predicted octanol–water partition coefficient (Wildman–Crippen LogP) is 4.59. The zero-order chi connectivity index (χ0) is 13.0. The van der Waals surface area contributed by atoms with E-state index in [9.17, 15) is 0 Å². The molecule has 0 amide bonds. The van der Waals surface area contributed by atoms with Gasteiger partial charge in [0.2, 0.25) is 0 Å². The SMILES string of the molecule is Cc1ccc(C(CBr)(CBr)CC2CCCO2)cc1. The van der Waals surface area contributed by atoms with E-state index in [1.807, 2.05) is 0 Å². The molecule has 18 heavy (non-hydrogen) atoms. The molecule has 3 heteroatoms. The van der Waals surface area contributed by atoms with Crippen LogP contribution in [0.2, 0.25) is 0 Å². The van der Waals surface area contributed by atoms with Crippen LogP contribution in [0.5, 0.6) is 0 Å². The Morgan fingerprint density at radius 3 is 2.39 bits per heavy atom. The van der Waals surface area contributed by atoms with Gasteiger partial charge in [0.15, 0.2) is 0 Å². The summed E-state index contributed by atoms with van der Waals surface area (Å²) in [6.45, 7) is 3.06. The van der Waals surface area contributed by atoms with Crippen molar-refractivity contribution >= 4 is 31.9 Å². The second-order valence-electron chi connectivity index (χ2n) is 5.25.